The van der Waals surface area contributed by atoms with Gasteiger partial charge in [-0.2, -0.15) is 0 Å². The summed E-state index contributed by atoms with van der Waals surface area (Å²) in [4.78, 5) is 11.9. The molecule has 0 aliphatic carbocycles. The monoisotopic (exact) mass is 232 g/mol. The lowest BCUT2D eigenvalue weighted by molar-refractivity contribution is -0.124. The van der Waals surface area contributed by atoms with Gasteiger partial charge in [-0.3, -0.25) is 9.20 Å². The summed E-state index contributed by atoms with van der Waals surface area (Å²) in [6.07, 6.45) is 4.81. The van der Waals surface area contributed by atoms with Crippen molar-refractivity contribution in [1.82, 2.24) is 14.6 Å². The third-order valence-electron chi connectivity index (χ3n) is 2.80. The smallest absolute Gasteiger partial charge is 0.253 e. The van der Waals surface area contributed by atoms with Crippen molar-refractivity contribution in [3.63, 3.8) is 0 Å². The van der Waals surface area contributed by atoms with Crippen LogP contribution in [0.3, 0.4) is 0 Å². The fourth-order valence-electron chi connectivity index (χ4n) is 1.95. The summed E-state index contributed by atoms with van der Waals surface area (Å²) in [5.41, 5.74) is 1.30. The minimum absolute atomic E-state index is 0.112. The molecule has 1 fully saturated rings. The highest BCUT2D eigenvalue weighted by molar-refractivity contribution is 5.97. The molecule has 2 aromatic heterocycles. The molecule has 1 atom stereocenters. The molecule has 1 saturated heterocycles. The van der Waals surface area contributed by atoms with Crippen LogP contribution >= 0.6 is 0 Å². The van der Waals surface area contributed by atoms with E-state index in [1.54, 1.807) is 16.8 Å². The molecule has 1 N–H and O–H groups in total. The third-order valence-corrected chi connectivity index (χ3v) is 2.80. The van der Waals surface area contributed by atoms with Gasteiger partial charge in [0.25, 0.3) is 5.91 Å². The first-order chi connectivity index (χ1) is 8.34. The lowest BCUT2D eigenvalue weighted by Gasteiger charge is -2.10. The first-order valence-electron chi connectivity index (χ1n) is 5.55. The van der Waals surface area contributed by atoms with Gasteiger partial charge in [0, 0.05) is 12.8 Å². The normalized spacial score (nSPS) is 19.6. The Kier molecular flexibility index (Phi) is 2.49. The molecule has 6 nitrogen and oxygen atoms in total. The molecular formula is C11H12N4O2. The van der Waals surface area contributed by atoms with Crippen molar-refractivity contribution in [2.45, 2.75) is 18.9 Å². The number of anilines is 1. The van der Waals surface area contributed by atoms with Crippen LogP contribution in [0.1, 0.15) is 12.8 Å². The molecule has 0 aromatic carbocycles. The van der Waals surface area contributed by atoms with Crippen LogP contribution in [0.2, 0.25) is 0 Å². The highest BCUT2D eigenvalue weighted by Crippen LogP contribution is 2.17. The first kappa shape index (κ1) is 10.2. The number of rotatable bonds is 2. The number of hydrogen-bond donors (Lipinski definition) is 1. The number of aromatic nitrogens is 3. The number of fused-ring (bicyclic) bond motifs is 1. The van der Waals surface area contributed by atoms with Crippen molar-refractivity contribution in [2.24, 2.45) is 0 Å². The maximum atomic E-state index is 11.9. The number of pyridine rings is 1. The molecule has 0 saturated carbocycles. The Morgan fingerprint density at radius 2 is 2.53 bits per heavy atom. The Hall–Kier alpha value is -1.95. The van der Waals surface area contributed by atoms with E-state index in [9.17, 15) is 4.79 Å². The Labute approximate surface area is 97.6 Å². The number of amides is 1. The molecule has 88 valence electrons. The summed E-state index contributed by atoms with van der Waals surface area (Å²) in [5, 5.41) is 10.6. The number of carbonyl (C=O) groups excluding carboxylic acids is 1. The fourth-order valence-corrected chi connectivity index (χ4v) is 1.95. The number of carbonyl (C=O) groups is 1. The summed E-state index contributed by atoms with van der Waals surface area (Å²) in [7, 11) is 0. The minimum atomic E-state index is -0.335. The van der Waals surface area contributed by atoms with Gasteiger partial charge >= 0.3 is 0 Å². The van der Waals surface area contributed by atoms with E-state index in [0.717, 1.165) is 12.8 Å². The minimum Gasteiger partial charge on any atom is -0.368 e. The third kappa shape index (κ3) is 1.87. The van der Waals surface area contributed by atoms with Crippen molar-refractivity contribution in [2.75, 3.05) is 11.9 Å². The molecule has 0 radical (unpaired) electrons. The second-order valence-corrected chi connectivity index (χ2v) is 3.97. The average molecular weight is 232 g/mol. The van der Waals surface area contributed by atoms with E-state index in [-0.39, 0.29) is 12.0 Å². The molecule has 0 spiro atoms. The van der Waals surface area contributed by atoms with Gasteiger partial charge in [-0.15, -0.1) is 10.2 Å². The van der Waals surface area contributed by atoms with E-state index in [0.29, 0.717) is 17.9 Å². The summed E-state index contributed by atoms with van der Waals surface area (Å²) in [5.74, 6) is -0.112. The van der Waals surface area contributed by atoms with E-state index < -0.39 is 0 Å². The van der Waals surface area contributed by atoms with Crippen LogP contribution in [0.4, 0.5) is 5.69 Å². The van der Waals surface area contributed by atoms with Crippen molar-refractivity contribution in [1.29, 1.82) is 0 Å². The van der Waals surface area contributed by atoms with Crippen LogP contribution in [0, 0.1) is 0 Å². The Morgan fingerprint density at radius 3 is 3.35 bits per heavy atom. The molecule has 3 rings (SSSR count). The molecular weight excluding hydrogens is 220 g/mol. The van der Waals surface area contributed by atoms with Crippen LogP contribution < -0.4 is 5.32 Å². The van der Waals surface area contributed by atoms with Crippen molar-refractivity contribution in [3.8, 4) is 0 Å². The zero-order chi connectivity index (χ0) is 11.7. The standard InChI is InChI=1S/C11H12N4O2/c16-11(9-4-2-6-17-9)13-8-3-1-5-15-7-12-14-10(8)15/h1,3,5,7,9H,2,4,6H2,(H,13,16). The molecule has 2 aromatic rings. The fraction of sp³-hybridized carbons (Fsp3) is 0.364. The molecule has 1 amide bonds. The van der Waals surface area contributed by atoms with Crippen LogP contribution in [-0.2, 0) is 9.53 Å². The van der Waals surface area contributed by atoms with Gasteiger partial charge < -0.3 is 10.1 Å². The lowest BCUT2D eigenvalue weighted by Crippen LogP contribution is -2.27. The lowest BCUT2D eigenvalue weighted by atomic mass is 10.2. The summed E-state index contributed by atoms with van der Waals surface area (Å²) in [6, 6.07) is 3.64. The van der Waals surface area contributed by atoms with E-state index in [1.165, 1.54) is 0 Å². The highest BCUT2D eigenvalue weighted by Gasteiger charge is 2.24. The second-order valence-electron chi connectivity index (χ2n) is 3.97. The zero-order valence-electron chi connectivity index (χ0n) is 9.17. The number of ether oxygens (including phenoxy) is 1. The van der Waals surface area contributed by atoms with Gasteiger partial charge in [-0.05, 0) is 25.0 Å². The Morgan fingerprint density at radius 1 is 1.59 bits per heavy atom. The largest absolute Gasteiger partial charge is 0.368 e. The van der Waals surface area contributed by atoms with Crippen LogP contribution in [0.25, 0.3) is 5.65 Å². The average Bonchev–Trinajstić information content (AvgIpc) is 3.00. The van der Waals surface area contributed by atoms with Crippen molar-refractivity contribution < 1.29 is 9.53 Å². The van der Waals surface area contributed by atoms with Gasteiger partial charge in [-0.1, -0.05) is 0 Å². The van der Waals surface area contributed by atoms with Gasteiger partial charge in [0.2, 0.25) is 0 Å². The maximum Gasteiger partial charge on any atom is 0.253 e. The summed E-state index contributed by atoms with van der Waals surface area (Å²) in [6.45, 7) is 0.660. The van der Waals surface area contributed by atoms with Crippen LogP contribution in [0.5, 0.6) is 0 Å². The van der Waals surface area contributed by atoms with E-state index >= 15 is 0 Å². The van der Waals surface area contributed by atoms with Crippen molar-refractivity contribution in [3.05, 3.63) is 24.7 Å². The topological polar surface area (TPSA) is 68.5 Å². The highest BCUT2D eigenvalue weighted by atomic mass is 16.5. The molecule has 3 heterocycles. The second kappa shape index (κ2) is 4.14. The zero-order valence-corrected chi connectivity index (χ0v) is 9.17. The Bertz CT molecular complexity index is 545. The summed E-state index contributed by atoms with van der Waals surface area (Å²) < 4.78 is 7.08. The van der Waals surface area contributed by atoms with Crippen molar-refractivity contribution >= 4 is 17.2 Å². The van der Waals surface area contributed by atoms with Gasteiger partial charge in [0.05, 0.1) is 5.69 Å². The Balaban J connectivity index is 1.84. The van der Waals surface area contributed by atoms with Gasteiger partial charge in [0.1, 0.15) is 12.4 Å². The molecule has 1 aliphatic heterocycles. The molecule has 1 unspecified atom stereocenters. The molecule has 6 heteroatoms. The summed E-state index contributed by atoms with van der Waals surface area (Å²) >= 11 is 0. The van der Waals surface area contributed by atoms with E-state index in [1.807, 2.05) is 12.3 Å². The van der Waals surface area contributed by atoms with E-state index in [2.05, 4.69) is 15.5 Å². The van der Waals surface area contributed by atoms with Gasteiger partial charge in [-0.25, -0.2) is 0 Å². The quantitative estimate of drug-likeness (QED) is 0.833. The number of nitrogens with one attached hydrogen (secondary N) is 1. The predicted molar refractivity (Wildman–Crippen MR) is 60.6 cm³/mol. The molecule has 17 heavy (non-hydrogen) atoms. The number of hydrogen-bond acceptors (Lipinski definition) is 4. The van der Waals surface area contributed by atoms with E-state index in [4.69, 9.17) is 4.74 Å². The van der Waals surface area contributed by atoms with Gasteiger partial charge in [0.15, 0.2) is 5.65 Å². The predicted octanol–water partition coefficient (Wildman–Crippen LogP) is 0.847. The van der Waals surface area contributed by atoms with Crippen LogP contribution in [-0.4, -0.2) is 33.2 Å². The SMILES string of the molecule is O=C(Nc1cccn2cnnc12)C1CCCO1. The first-order valence-corrected chi connectivity index (χ1v) is 5.55. The number of nitrogens with zero attached hydrogens (tertiary/aromatic N) is 3. The molecule has 0 bridgehead atoms. The molecule has 1 aliphatic rings. The maximum absolute atomic E-state index is 11.9. The van der Waals surface area contributed by atoms with Crippen LogP contribution in [0.15, 0.2) is 24.7 Å².